The number of hydrogen-bond donors (Lipinski definition) is 2. The topological polar surface area (TPSA) is 79.4 Å². The summed E-state index contributed by atoms with van der Waals surface area (Å²) < 4.78 is 18.5. The maximum Gasteiger partial charge on any atom is 0.306 e. The van der Waals surface area contributed by atoms with Gasteiger partial charge in [0.2, 0.25) is 0 Å². The zero-order chi connectivity index (χ0) is 18.5. The Morgan fingerprint density at radius 3 is 2.65 bits per heavy atom. The normalized spacial score (nSPS) is 11.1. The number of H-pyrrole nitrogens is 1. The van der Waals surface area contributed by atoms with E-state index < -0.39 is 5.97 Å². The van der Waals surface area contributed by atoms with E-state index in [4.69, 9.17) is 9.84 Å². The Morgan fingerprint density at radius 1 is 1.15 bits per heavy atom. The molecule has 0 saturated carbocycles. The van der Waals surface area contributed by atoms with Gasteiger partial charge in [-0.2, -0.15) is 0 Å². The number of halogens is 1. The van der Waals surface area contributed by atoms with Crippen molar-refractivity contribution in [1.82, 2.24) is 4.98 Å². The summed E-state index contributed by atoms with van der Waals surface area (Å²) in [6, 6.07) is 11.2. The molecule has 2 aromatic carbocycles. The van der Waals surface area contributed by atoms with Gasteiger partial charge < -0.3 is 14.8 Å². The molecule has 0 aliphatic rings. The summed E-state index contributed by atoms with van der Waals surface area (Å²) in [5.41, 5.74) is 1.85. The highest BCUT2D eigenvalue weighted by molar-refractivity contribution is 6.14. The predicted molar refractivity (Wildman–Crippen MR) is 95.8 cm³/mol. The van der Waals surface area contributed by atoms with Crippen LogP contribution < -0.4 is 4.74 Å². The second-order valence-electron chi connectivity index (χ2n) is 5.65. The number of rotatable bonds is 7. The number of ether oxygens (including phenoxy) is 1. The quantitative estimate of drug-likeness (QED) is 0.496. The van der Waals surface area contributed by atoms with Gasteiger partial charge in [0, 0.05) is 22.7 Å². The molecule has 5 nitrogen and oxygen atoms in total. The average Bonchev–Trinajstić information content (AvgIpc) is 3.03. The van der Waals surface area contributed by atoms with Crippen molar-refractivity contribution in [3.8, 4) is 5.75 Å². The van der Waals surface area contributed by atoms with Crippen LogP contribution in [0.1, 0.15) is 22.3 Å². The number of hydrogen-bond acceptors (Lipinski definition) is 3. The number of fused-ring (bicyclic) bond motifs is 1. The Hall–Kier alpha value is -3.41. The first-order valence-electron chi connectivity index (χ1n) is 7.96. The number of carboxylic acid groups (broad SMARTS) is 1. The number of ketones is 1. The fourth-order valence-electron chi connectivity index (χ4n) is 2.50. The number of carboxylic acids is 1. The molecular weight excluding hydrogens is 337 g/mol. The number of benzene rings is 2. The molecule has 6 heteroatoms. The van der Waals surface area contributed by atoms with Crippen LogP contribution in [0.25, 0.3) is 17.0 Å². The van der Waals surface area contributed by atoms with Crippen LogP contribution in [0.3, 0.4) is 0 Å². The zero-order valence-corrected chi connectivity index (χ0v) is 13.7. The third kappa shape index (κ3) is 4.16. The van der Waals surface area contributed by atoms with Crippen molar-refractivity contribution in [3.05, 3.63) is 71.7 Å². The number of carbonyl (C=O) groups is 2. The minimum atomic E-state index is -0.914. The summed E-state index contributed by atoms with van der Waals surface area (Å²) >= 11 is 0. The summed E-state index contributed by atoms with van der Waals surface area (Å²) in [6.45, 7) is 0.101. The Bertz CT molecular complexity index is 973. The molecule has 0 bridgehead atoms. The maximum atomic E-state index is 13.2. The van der Waals surface area contributed by atoms with Crippen LogP contribution in [0.5, 0.6) is 5.75 Å². The number of aromatic amines is 1. The van der Waals surface area contributed by atoms with Gasteiger partial charge in [0.25, 0.3) is 0 Å². The van der Waals surface area contributed by atoms with Crippen molar-refractivity contribution in [1.29, 1.82) is 0 Å². The second kappa shape index (κ2) is 7.65. The van der Waals surface area contributed by atoms with Crippen LogP contribution in [0.15, 0.2) is 54.7 Å². The molecule has 0 aliphatic heterocycles. The monoisotopic (exact) mass is 353 g/mol. The van der Waals surface area contributed by atoms with Gasteiger partial charge in [-0.05, 0) is 42.0 Å². The van der Waals surface area contributed by atoms with Gasteiger partial charge in [-0.1, -0.05) is 18.2 Å². The lowest BCUT2D eigenvalue weighted by molar-refractivity contribution is -0.137. The average molecular weight is 353 g/mol. The minimum absolute atomic E-state index is 0.0648. The van der Waals surface area contributed by atoms with E-state index in [1.165, 1.54) is 18.2 Å². The number of carbonyl (C=O) groups excluding carboxylic acids is 1. The predicted octanol–water partition coefficient (Wildman–Crippen LogP) is 4.06. The molecule has 0 amide bonds. The molecule has 3 rings (SSSR count). The first-order valence-corrected chi connectivity index (χ1v) is 7.96. The molecule has 0 atom stereocenters. The van der Waals surface area contributed by atoms with Crippen LogP contribution in [0.2, 0.25) is 0 Å². The minimum Gasteiger partial charge on any atom is -0.493 e. The van der Waals surface area contributed by atoms with Crippen molar-refractivity contribution < 1.29 is 23.8 Å². The lowest BCUT2D eigenvalue weighted by Gasteiger charge is -2.04. The van der Waals surface area contributed by atoms with Gasteiger partial charge in [0.15, 0.2) is 5.78 Å². The first-order chi connectivity index (χ1) is 12.5. The van der Waals surface area contributed by atoms with E-state index in [-0.39, 0.29) is 24.6 Å². The molecule has 3 aromatic rings. The Kier molecular flexibility index (Phi) is 5.12. The van der Waals surface area contributed by atoms with Crippen molar-refractivity contribution >= 4 is 28.7 Å². The van der Waals surface area contributed by atoms with E-state index in [1.54, 1.807) is 42.6 Å². The smallest absolute Gasteiger partial charge is 0.306 e. The molecule has 1 aromatic heterocycles. The molecule has 132 valence electrons. The van der Waals surface area contributed by atoms with Crippen LogP contribution >= 0.6 is 0 Å². The molecular formula is C20H16FNO4. The van der Waals surface area contributed by atoms with Crippen molar-refractivity contribution in [2.75, 3.05) is 6.61 Å². The van der Waals surface area contributed by atoms with E-state index >= 15 is 0 Å². The van der Waals surface area contributed by atoms with Crippen LogP contribution in [0, 0.1) is 5.82 Å². The third-order valence-corrected chi connectivity index (χ3v) is 3.80. The van der Waals surface area contributed by atoms with Gasteiger partial charge in [0.05, 0.1) is 13.0 Å². The fraction of sp³-hybridized carbons (Fsp3) is 0.100. The van der Waals surface area contributed by atoms with Crippen molar-refractivity contribution in [2.24, 2.45) is 0 Å². The largest absolute Gasteiger partial charge is 0.493 e. The molecule has 0 saturated heterocycles. The van der Waals surface area contributed by atoms with Gasteiger partial charge >= 0.3 is 5.97 Å². The van der Waals surface area contributed by atoms with E-state index in [0.29, 0.717) is 22.2 Å². The Labute approximate surface area is 148 Å². The zero-order valence-electron chi connectivity index (χ0n) is 13.7. The highest BCUT2D eigenvalue weighted by atomic mass is 19.1. The standard InChI is InChI=1S/C20H16FNO4/c21-14-4-7-16-17(12-22-18(16)11-14)19(23)8-3-13-1-5-15(6-2-13)26-10-9-20(24)25/h1-8,11-12,22H,9-10H2,(H,24,25)/b8-3+. The maximum absolute atomic E-state index is 13.2. The Morgan fingerprint density at radius 2 is 1.92 bits per heavy atom. The SMILES string of the molecule is O=C(O)CCOc1ccc(/C=C/C(=O)c2c[nH]c3cc(F)ccc23)cc1. The van der Waals surface area contributed by atoms with Crippen molar-refractivity contribution in [3.63, 3.8) is 0 Å². The molecule has 0 fully saturated rings. The molecule has 0 aliphatic carbocycles. The molecule has 1 heterocycles. The third-order valence-electron chi connectivity index (χ3n) is 3.80. The Balaban J connectivity index is 1.66. The summed E-state index contributed by atoms with van der Waals surface area (Å²) in [4.78, 5) is 25.7. The number of aromatic nitrogens is 1. The van der Waals surface area contributed by atoms with E-state index in [2.05, 4.69) is 4.98 Å². The lowest BCUT2D eigenvalue weighted by atomic mass is 10.1. The van der Waals surface area contributed by atoms with Crippen LogP contribution in [-0.2, 0) is 4.79 Å². The fourth-order valence-corrected chi connectivity index (χ4v) is 2.50. The van der Waals surface area contributed by atoms with Gasteiger partial charge in [0.1, 0.15) is 11.6 Å². The van der Waals surface area contributed by atoms with E-state index in [1.807, 2.05) is 0 Å². The van der Waals surface area contributed by atoms with Gasteiger partial charge in [-0.15, -0.1) is 0 Å². The molecule has 2 N–H and O–H groups in total. The summed E-state index contributed by atoms with van der Waals surface area (Å²) in [6.07, 6.45) is 4.62. The van der Waals surface area contributed by atoms with Crippen LogP contribution in [-0.4, -0.2) is 28.4 Å². The molecule has 0 spiro atoms. The molecule has 26 heavy (non-hydrogen) atoms. The highest BCUT2D eigenvalue weighted by Crippen LogP contribution is 2.20. The number of nitrogens with one attached hydrogen (secondary N) is 1. The van der Waals surface area contributed by atoms with Gasteiger partial charge in [-0.3, -0.25) is 9.59 Å². The summed E-state index contributed by atoms with van der Waals surface area (Å²) in [5, 5.41) is 9.24. The highest BCUT2D eigenvalue weighted by Gasteiger charge is 2.10. The molecule has 0 unspecified atom stereocenters. The molecule has 0 radical (unpaired) electrons. The second-order valence-corrected chi connectivity index (χ2v) is 5.65. The lowest BCUT2D eigenvalue weighted by Crippen LogP contribution is -2.04. The first kappa shape index (κ1) is 17.4. The van der Waals surface area contributed by atoms with E-state index in [0.717, 1.165) is 5.56 Å². The number of allylic oxidation sites excluding steroid dienone is 1. The number of aliphatic carboxylic acids is 1. The summed E-state index contributed by atoms with van der Waals surface area (Å²) in [7, 11) is 0. The summed E-state index contributed by atoms with van der Waals surface area (Å²) in [5.74, 6) is -0.902. The van der Waals surface area contributed by atoms with Gasteiger partial charge in [-0.25, -0.2) is 4.39 Å². The van der Waals surface area contributed by atoms with Crippen molar-refractivity contribution in [2.45, 2.75) is 6.42 Å². The van der Waals surface area contributed by atoms with Crippen LogP contribution in [0.4, 0.5) is 4.39 Å². The van der Waals surface area contributed by atoms with E-state index in [9.17, 15) is 14.0 Å².